The van der Waals surface area contributed by atoms with Gasteiger partial charge in [0.15, 0.2) is 0 Å². The van der Waals surface area contributed by atoms with E-state index in [0.717, 1.165) is 29.7 Å². The smallest absolute Gasteiger partial charge is 0.257 e. The summed E-state index contributed by atoms with van der Waals surface area (Å²) < 4.78 is 7.19. The summed E-state index contributed by atoms with van der Waals surface area (Å²) in [5.41, 5.74) is 3.20. The zero-order valence-corrected chi connectivity index (χ0v) is 17.2. The molecule has 1 amide bonds. The number of likely N-dealkylation sites (tertiary alicyclic amines) is 1. The van der Waals surface area contributed by atoms with Crippen molar-refractivity contribution in [3.63, 3.8) is 0 Å². The lowest BCUT2D eigenvalue weighted by atomic mass is 9.98. The van der Waals surface area contributed by atoms with E-state index in [-0.39, 0.29) is 18.4 Å². The quantitative estimate of drug-likeness (QED) is 0.682. The monoisotopic (exact) mass is 405 g/mol. The number of ether oxygens (including phenoxy) is 1. The molecule has 6 nitrogen and oxygen atoms in total. The third-order valence-electron chi connectivity index (χ3n) is 5.59. The number of methoxy groups -OCH3 is 1. The highest BCUT2D eigenvalue weighted by atomic mass is 16.5. The Morgan fingerprint density at radius 2 is 2.03 bits per heavy atom. The average Bonchev–Trinajstić information content (AvgIpc) is 3.23. The molecule has 2 heterocycles. The predicted molar refractivity (Wildman–Crippen MR) is 115 cm³/mol. The minimum atomic E-state index is -0.0368. The standard InChI is InChI=1S/C24H27N3O3/c1-30-21-11-5-10-20(13-21)23-22(24(29)26-12-6-9-19(14-26)17-28)16-27(25-23)15-18-7-3-2-4-8-18/h2-5,7-8,10-11,13,16,19,28H,6,9,12,14-15,17H2,1H3. The van der Waals surface area contributed by atoms with Crippen molar-refractivity contribution in [1.29, 1.82) is 0 Å². The van der Waals surface area contributed by atoms with Gasteiger partial charge in [-0.05, 0) is 36.5 Å². The highest BCUT2D eigenvalue weighted by molar-refractivity contribution is 6.00. The topological polar surface area (TPSA) is 67.6 Å². The zero-order valence-electron chi connectivity index (χ0n) is 17.2. The number of carbonyl (C=O) groups excluding carboxylic acids is 1. The molecule has 0 spiro atoms. The van der Waals surface area contributed by atoms with Crippen LogP contribution in [0.3, 0.4) is 0 Å². The highest BCUT2D eigenvalue weighted by Crippen LogP contribution is 2.28. The van der Waals surface area contributed by atoms with Crippen molar-refractivity contribution >= 4 is 5.91 Å². The van der Waals surface area contributed by atoms with E-state index in [1.165, 1.54) is 0 Å². The van der Waals surface area contributed by atoms with Crippen LogP contribution >= 0.6 is 0 Å². The number of benzene rings is 2. The molecule has 0 aliphatic carbocycles. The predicted octanol–water partition coefficient (Wildman–Crippen LogP) is 3.45. The van der Waals surface area contributed by atoms with Crippen molar-refractivity contribution in [2.45, 2.75) is 19.4 Å². The summed E-state index contributed by atoms with van der Waals surface area (Å²) in [4.78, 5) is 15.3. The van der Waals surface area contributed by atoms with Gasteiger partial charge in [0.1, 0.15) is 11.4 Å². The van der Waals surface area contributed by atoms with Crippen LogP contribution in [0.1, 0.15) is 28.8 Å². The molecule has 1 aliphatic rings. The molecule has 30 heavy (non-hydrogen) atoms. The van der Waals surface area contributed by atoms with Gasteiger partial charge in [0, 0.05) is 31.5 Å². The number of carbonyl (C=O) groups is 1. The number of nitrogens with zero attached hydrogens (tertiary/aromatic N) is 3. The summed E-state index contributed by atoms with van der Waals surface area (Å²) >= 11 is 0. The van der Waals surface area contributed by atoms with Crippen LogP contribution in [-0.4, -0.2) is 52.5 Å². The minimum Gasteiger partial charge on any atom is -0.497 e. The number of hydrogen-bond acceptors (Lipinski definition) is 4. The van der Waals surface area contributed by atoms with E-state index in [4.69, 9.17) is 9.84 Å². The van der Waals surface area contributed by atoms with Gasteiger partial charge in [-0.1, -0.05) is 42.5 Å². The number of hydrogen-bond donors (Lipinski definition) is 1. The van der Waals surface area contributed by atoms with Gasteiger partial charge in [0.25, 0.3) is 5.91 Å². The van der Waals surface area contributed by atoms with Gasteiger partial charge in [0.05, 0.1) is 19.2 Å². The van der Waals surface area contributed by atoms with Crippen LogP contribution < -0.4 is 4.74 Å². The first-order valence-electron chi connectivity index (χ1n) is 10.3. The van der Waals surface area contributed by atoms with Crippen LogP contribution in [-0.2, 0) is 6.54 Å². The lowest BCUT2D eigenvalue weighted by Crippen LogP contribution is -2.41. The molecule has 0 saturated carbocycles. The van der Waals surface area contributed by atoms with Crippen molar-refractivity contribution in [2.75, 3.05) is 26.8 Å². The van der Waals surface area contributed by atoms with Gasteiger partial charge in [-0.25, -0.2) is 0 Å². The Balaban J connectivity index is 1.70. The molecule has 2 aromatic carbocycles. The Kier molecular flexibility index (Phi) is 6.14. The van der Waals surface area contributed by atoms with Crippen molar-refractivity contribution in [3.05, 3.63) is 71.9 Å². The second-order valence-electron chi connectivity index (χ2n) is 7.75. The summed E-state index contributed by atoms with van der Waals surface area (Å²) in [6.07, 6.45) is 3.70. The fourth-order valence-electron chi connectivity index (χ4n) is 3.98. The normalized spacial score (nSPS) is 16.5. The number of aliphatic hydroxyl groups excluding tert-OH is 1. The molecule has 1 atom stereocenters. The summed E-state index contributed by atoms with van der Waals surface area (Å²) in [6, 6.07) is 17.7. The first-order chi connectivity index (χ1) is 14.7. The summed E-state index contributed by atoms with van der Waals surface area (Å²) in [5, 5.41) is 14.3. The molecule has 1 aliphatic heterocycles. The van der Waals surface area contributed by atoms with E-state index >= 15 is 0 Å². The molecule has 0 radical (unpaired) electrons. The molecular formula is C24H27N3O3. The first-order valence-corrected chi connectivity index (χ1v) is 10.3. The van der Waals surface area contributed by atoms with E-state index in [1.54, 1.807) is 7.11 Å². The van der Waals surface area contributed by atoms with Gasteiger partial charge in [-0.3, -0.25) is 9.48 Å². The van der Waals surface area contributed by atoms with Crippen LogP contribution in [0.2, 0.25) is 0 Å². The zero-order chi connectivity index (χ0) is 20.9. The number of amides is 1. The Morgan fingerprint density at radius 1 is 1.20 bits per heavy atom. The molecule has 1 N–H and O–H groups in total. The molecule has 1 aromatic heterocycles. The second kappa shape index (κ2) is 9.13. The van der Waals surface area contributed by atoms with Crippen LogP contribution in [0.15, 0.2) is 60.8 Å². The van der Waals surface area contributed by atoms with E-state index in [1.807, 2.05) is 70.4 Å². The van der Waals surface area contributed by atoms with E-state index < -0.39 is 0 Å². The van der Waals surface area contributed by atoms with Crippen LogP contribution in [0.25, 0.3) is 11.3 Å². The number of piperidine rings is 1. The van der Waals surface area contributed by atoms with Crippen molar-refractivity contribution in [1.82, 2.24) is 14.7 Å². The van der Waals surface area contributed by atoms with E-state index in [9.17, 15) is 9.90 Å². The number of rotatable bonds is 6. The Bertz CT molecular complexity index is 1000. The second-order valence-corrected chi connectivity index (χ2v) is 7.75. The van der Waals surface area contributed by atoms with E-state index in [2.05, 4.69) is 0 Å². The van der Waals surface area contributed by atoms with Crippen molar-refractivity contribution in [3.8, 4) is 17.0 Å². The molecule has 1 fully saturated rings. The van der Waals surface area contributed by atoms with Crippen LogP contribution in [0.4, 0.5) is 0 Å². The molecule has 0 bridgehead atoms. The lowest BCUT2D eigenvalue weighted by Gasteiger charge is -2.31. The average molecular weight is 405 g/mol. The Hall–Kier alpha value is -3.12. The Morgan fingerprint density at radius 3 is 2.80 bits per heavy atom. The van der Waals surface area contributed by atoms with Gasteiger partial charge in [-0.2, -0.15) is 5.10 Å². The third-order valence-corrected chi connectivity index (χ3v) is 5.59. The SMILES string of the molecule is COc1cccc(-c2nn(Cc3ccccc3)cc2C(=O)N2CCCC(CO)C2)c1. The Labute approximate surface area is 176 Å². The van der Waals surface area contributed by atoms with Gasteiger partial charge >= 0.3 is 0 Å². The van der Waals surface area contributed by atoms with Crippen LogP contribution in [0.5, 0.6) is 5.75 Å². The summed E-state index contributed by atoms with van der Waals surface area (Å²) in [5.74, 6) is 0.828. The van der Waals surface area contributed by atoms with Gasteiger partial charge < -0.3 is 14.7 Å². The molecule has 3 aromatic rings. The maximum atomic E-state index is 13.4. The molecule has 1 unspecified atom stereocenters. The molecular weight excluding hydrogens is 378 g/mol. The first kappa shape index (κ1) is 20.2. The largest absolute Gasteiger partial charge is 0.497 e. The molecule has 6 heteroatoms. The fraction of sp³-hybridized carbons (Fsp3) is 0.333. The van der Waals surface area contributed by atoms with E-state index in [0.29, 0.717) is 30.9 Å². The van der Waals surface area contributed by atoms with Gasteiger partial charge in [-0.15, -0.1) is 0 Å². The number of aliphatic hydroxyl groups is 1. The van der Waals surface area contributed by atoms with Crippen molar-refractivity contribution < 1.29 is 14.6 Å². The maximum Gasteiger partial charge on any atom is 0.257 e. The maximum absolute atomic E-state index is 13.4. The summed E-state index contributed by atoms with van der Waals surface area (Å²) in [6.45, 7) is 1.98. The third kappa shape index (κ3) is 4.39. The fourth-order valence-corrected chi connectivity index (χ4v) is 3.98. The number of aromatic nitrogens is 2. The minimum absolute atomic E-state index is 0.0368. The molecule has 156 valence electrons. The molecule has 4 rings (SSSR count). The summed E-state index contributed by atoms with van der Waals surface area (Å²) in [7, 11) is 1.63. The highest BCUT2D eigenvalue weighted by Gasteiger charge is 2.27. The van der Waals surface area contributed by atoms with Gasteiger partial charge in [0.2, 0.25) is 0 Å². The lowest BCUT2D eigenvalue weighted by molar-refractivity contribution is 0.0621. The van der Waals surface area contributed by atoms with Crippen molar-refractivity contribution in [2.24, 2.45) is 5.92 Å². The van der Waals surface area contributed by atoms with Crippen LogP contribution in [0, 0.1) is 5.92 Å². The molecule has 1 saturated heterocycles.